The highest BCUT2D eigenvalue weighted by Crippen LogP contribution is 2.17. The van der Waals surface area contributed by atoms with Gasteiger partial charge in [0, 0.05) is 19.3 Å². The molecule has 0 heterocycles. The molecule has 0 aromatic rings. The summed E-state index contributed by atoms with van der Waals surface area (Å²) in [5.41, 5.74) is 0. The van der Waals surface area contributed by atoms with Crippen molar-refractivity contribution in [1.82, 2.24) is 0 Å². The van der Waals surface area contributed by atoms with E-state index in [0.717, 1.165) is 89.9 Å². The molecule has 0 N–H and O–H groups in total. The number of ether oxygens (including phenoxy) is 3. The number of carbonyl (C=O) groups is 3. The Morgan fingerprint density at radius 3 is 0.821 bits per heavy atom. The Morgan fingerprint density at radius 2 is 0.500 bits per heavy atom. The Labute approximate surface area is 484 Å². The van der Waals surface area contributed by atoms with Gasteiger partial charge < -0.3 is 14.2 Å². The van der Waals surface area contributed by atoms with Crippen molar-refractivity contribution in [2.24, 2.45) is 0 Å². The first-order valence-electron chi connectivity index (χ1n) is 33.6. The molecule has 6 heteroatoms. The van der Waals surface area contributed by atoms with Crippen LogP contribution in [0.15, 0.2) is 85.1 Å². The largest absolute Gasteiger partial charge is 0.462 e. The Kier molecular flexibility index (Phi) is 63.2. The Morgan fingerprint density at radius 1 is 0.269 bits per heavy atom. The van der Waals surface area contributed by atoms with Gasteiger partial charge in [-0.1, -0.05) is 305 Å². The second kappa shape index (κ2) is 66.1. The van der Waals surface area contributed by atoms with Crippen LogP contribution < -0.4 is 0 Å². The summed E-state index contributed by atoms with van der Waals surface area (Å²) in [4.78, 5) is 38.1. The smallest absolute Gasteiger partial charge is 0.306 e. The molecule has 0 amide bonds. The third kappa shape index (κ3) is 63.4. The zero-order chi connectivity index (χ0) is 56.4. The number of unbranched alkanes of at least 4 members (excludes halogenated alkanes) is 36. The molecule has 6 nitrogen and oxygen atoms in total. The number of rotatable bonds is 61. The fraction of sp³-hybridized carbons (Fsp3) is 0.764. The molecule has 0 aliphatic rings. The third-order valence-corrected chi connectivity index (χ3v) is 14.6. The molecule has 0 rings (SSSR count). The van der Waals surface area contributed by atoms with Gasteiger partial charge in [-0.05, 0) is 96.3 Å². The number of carbonyl (C=O) groups excluding carboxylic acids is 3. The lowest BCUT2D eigenvalue weighted by Gasteiger charge is -2.18. The summed E-state index contributed by atoms with van der Waals surface area (Å²) in [6, 6.07) is 0. The molecule has 0 aliphatic heterocycles. The second-order valence-electron chi connectivity index (χ2n) is 22.4. The number of allylic oxidation sites excluding steroid dienone is 14. The lowest BCUT2D eigenvalue weighted by molar-refractivity contribution is -0.167. The van der Waals surface area contributed by atoms with Crippen LogP contribution in [0.2, 0.25) is 0 Å². The van der Waals surface area contributed by atoms with Crippen molar-refractivity contribution in [3.63, 3.8) is 0 Å². The van der Waals surface area contributed by atoms with Crippen LogP contribution in [0.4, 0.5) is 0 Å². The second-order valence-corrected chi connectivity index (χ2v) is 22.4. The molecule has 0 radical (unpaired) electrons. The maximum absolute atomic E-state index is 12.9. The molecular weight excluding hydrogens is 961 g/mol. The molecule has 450 valence electrons. The minimum atomic E-state index is -0.797. The van der Waals surface area contributed by atoms with Crippen LogP contribution >= 0.6 is 0 Å². The molecule has 78 heavy (non-hydrogen) atoms. The maximum Gasteiger partial charge on any atom is 0.306 e. The van der Waals surface area contributed by atoms with Gasteiger partial charge in [0.1, 0.15) is 13.2 Å². The van der Waals surface area contributed by atoms with Crippen LogP contribution in [0.25, 0.3) is 0 Å². The lowest BCUT2D eigenvalue weighted by Crippen LogP contribution is -2.30. The molecule has 0 spiro atoms. The summed E-state index contributed by atoms with van der Waals surface area (Å²) in [7, 11) is 0. The van der Waals surface area contributed by atoms with Gasteiger partial charge in [0.25, 0.3) is 0 Å². The molecule has 0 aromatic heterocycles. The molecule has 0 aliphatic carbocycles. The lowest BCUT2D eigenvalue weighted by atomic mass is 10.0. The highest BCUT2D eigenvalue weighted by Gasteiger charge is 2.19. The van der Waals surface area contributed by atoms with Crippen LogP contribution in [0.5, 0.6) is 0 Å². The predicted octanol–water partition coefficient (Wildman–Crippen LogP) is 23.1. The highest BCUT2D eigenvalue weighted by molar-refractivity contribution is 5.71. The van der Waals surface area contributed by atoms with Gasteiger partial charge in [-0.2, -0.15) is 0 Å². The zero-order valence-electron chi connectivity index (χ0n) is 51.7. The van der Waals surface area contributed by atoms with Gasteiger partial charge in [-0.25, -0.2) is 0 Å². The van der Waals surface area contributed by atoms with Crippen molar-refractivity contribution < 1.29 is 28.6 Å². The number of esters is 3. The van der Waals surface area contributed by atoms with E-state index >= 15 is 0 Å². The third-order valence-electron chi connectivity index (χ3n) is 14.6. The van der Waals surface area contributed by atoms with E-state index in [1.807, 2.05) is 0 Å². The fourth-order valence-electron chi connectivity index (χ4n) is 9.62. The van der Waals surface area contributed by atoms with Crippen LogP contribution in [-0.4, -0.2) is 37.2 Å². The summed E-state index contributed by atoms with van der Waals surface area (Å²) in [6.07, 6.45) is 87.8. The van der Waals surface area contributed by atoms with Gasteiger partial charge in [-0.15, -0.1) is 0 Å². The van der Waals surface area contributed by atoms with Crippen molar-refractivity contribution in [1.29, 1.82) is 0 Å². The van der Waals surface area contributed by atoms with Crippen LogP contribution in [0.3, 0.4) is 0 Å². The van der Waals surface area contributed by atoms with Crippen LogP contribution in [0, 0.1) is 0 Å². The molecule has 0 bridgehead atoms. The quantitative estimate of drug-likeness (QED) is 0.0261. The average molecular weight is 1090 g/mol. The Hall–Kier alpha value is -3.41. The molecule has 1 unspecified atom stereocenters. The molecule has 0 saturated carbocycles. The van der Waals surface area contributed by atoms with E-state index in [2.05, 4.69) is 106 Å². The van der Waals surface area contributed by atoms with E-state index in [9.17, 15) is 14.4 Å². The van der Waals surface area contributed by atoms with Crippen molar-refractivity contribution in [2.45, 2.75) is 341 Å². The molecule has 0 aromatic carbocycles. The monoisotopic (exact) mass is 1090 g/mol. The summed E-state index contributed by atoms with van der Waals surface area (Å²) >= 11 is 0. The standard InChI is InChI=1S/C72H126O6/c1-4-7-10-13-16-19-21-23-25-27-29-31-32-33-34-35-36-37-38-39-40-42-43-45-47-49-51-53-56-59-62-65-71(74)77-68-69(67-76-70(73)64-61-58-55-18-15-12-9-6-3)78-72(75)66-63-60-57-54-52-50-48-46-44-41-30-28-26-24-22-20-17-14-11-8-5-2/h8,11,17,20,24,26-27,29-30,41,46,48,52,54,69H,4-7,9-10,12-16,18-19,21-23,25,28,31-40,42-45,47,49-51,53,55-68H2,1-3H3/b11-8-,20-17-,26-24-,29-27-,41-30-,48-46-,54-52-. The van der Waals surface area contributed by atoms with E-state index in [0.29, 0.717) is 19.3 Å². The first kappa shape index (κ1) is 74.6. The maximum atomic E-state index is 12.9. The average Bonchev–Trinajstić information content (AvgIpc) is 3.44. The molecule has 1 atom stereocenters. The topological polar surface area (TPSA) is 78.9 Å². The molecule has 0 fully saturated rings. The van der Waals surface area contributed by atoms with Gasteiger partial charge in [0.15, 0.2) is 6.10 Å². The van der Waals surface area contributed by atoms with E-state index in [-0.39, 0.29) is 37.5 Å². The first-order valence-corrected chi connectivity index (χ1v) is 33.6. The number of hydrogen-bond acceptors (Lipinski definition) is 6. The minimum Gasteiger partial charge on any atom is -0.462 e. The highest BCUT2D eigenvalue weighted by atomic mass is 16.6. The fourth-order valence-corrected chi connectivity index (χ4v) is 9.62. The van der Waals surface area contributed by atoms with Crippen molar-refractivity contribution >= 4 is 17.9 Å². The van der Waals surface area contributed by atoms with Crippen molar-refractivity contribution in [3.05, 3.63) is 85.1 Å². The van der Waals surface area contributed by atoms with E-state index < -0.39 is 6.10 Å². The van der Waals surface area contributed by atoms with Gasteiger partial charge in [-0.3, -0.25) is 14.4 Å². The summed E-state index contributed by atoms with van der Waals surface area (Å²) < 4.78 is 16.8. The van der Waals surface area contributed by atoms with Crippen molar-refractivity contribution in [2.75, 3.05) is 13.2 Å². The summed E-state index contributed by atoms with van der Waals surface area (Å²) in [5, 5.41) is 0. The van der Waals surface area contributed by atoms with Crippen LogP contribution in [0.1, 0.15) is 335 Å². The van der Waals surface area contributed by atoms with E-state index in [1.54, 1.807) is 0 Å². The first-order chi connectivity index (χ1) is 38.5. The molecule has 0 saturated heterocycles. The Bertz CT molecular complexity index is 1480. The van der Waals surface area contributed by atoms with Crippen molar-refractivity contribution in [3.8, 4) is 0 Å². The number of hydrogen-bond donors (Lipinski definition) is 0. The Balaban J connectivity index is 4.13. The predicted molar refractivity (Wildman–Crippen MR) is 339 cm³/mol. The van der Waals surface area contributed by atoms with Crippen LogP contribution in [-0.2, 0) is 28.6 Å². The summed E-state index contributed by atoms with van der Waals surface area (Å²) in [6.45, 7) is 6.49. The van der Waals surface area contributed by atoms with Gasteiger partial charge in [0.2, 0.25) is 0 Å². The van der Waals surface area contributed by atoms with E-state index in [4.69, 9.17) is 14.2 Å². The van der Waals surface area contributed by atoms with E-state index in [1.165, 1.54) is 199 Å². The van der Waals surface area contributed by atoms with Gasteiger partial charge in [0.05, 0.1) is 0 Å². The SMILES string of the molecule is CC/C=C\C/C=C\C/C=C\C/C=C\C/C=C\C/C=C\CCCCC(=O)OC(COC(=O)CCCCCCCCCC)COC(=O)CCCCCCCCCCCCCCCCCCCCC/C=C\CCCCCCCCCC. The zero-order valence-corrected chi connectivity index (χ0v) is 51.7. The summed E-state index contributed by atoms with van der Waals surface area (Å²) in [5.74, 6) is -0.927. The minimum absolute atomic E-state index is 0.0911. The normalized spacial score (nSPS) is 12.6. The molecular formula is C72H126O6. The van der Waals surface area contributed by atoms with Gasteiger partial charge >= 0.3 is 17.9 Å².